The molecule has 0 spiro atoms. The van der Waals surface area contributed by atoms with E-state index in [-0.39, 0.29) is 0 Å². The van der Waals surface area contributed by atoms with Gasteiger partial charge in [0.25, 0.3) is 0 Å². The van der Waals surface area contributed by atoms with Gasteiger partial charge in [-0.3, -0.25) is 0 Å². The van der Waals surface area contributed by atoms with Gasteiger partial charge >= 0.3 is 30.6 Å². The van der Waals surface area contributed by atoms with Gasteiger partial charge in [0.1, 0.15) is 0 Å². The Kier molecular flexibility index (Phi) is 3.15. The van der Waals surface area contributed by atoms with E-state index >= 15 is 0 Å². The molecule has 22 valence electrons. The predicted molar refractivity (Wildman–Crippen MR) is 22.9 cm³/mol. The van der Waals surface area contributed by atoms with E-state index in [1.54, 1.807) is 0 Å². The van der Waals surface area contributed by atoms with Gasteiger partial charge in [-0.05, 0) is 0 Å². The summed E-state index contributed by atoms with van der Waals surface area (Å²) >= 11 is 3.30. The zero-order chi connectivity index (χ0) is 3.41. The molecule has 0 aliphatic rings. The monoisotopic (exact) mass is 74.0 g/mol. The van der Waals surface area contributed by atoms with Crippen molar-refractivity contribution in [1.82, 2.24) is 0 Å². The SMILES string of the molecule is C=BOS. The summed E-state index contributed by atoms with van der Waals surface area (Å²) in [5.41, 5.74) is 0. The molecule has 0 aliphatic heterocycles. The zero-order valence-corrected chi connectivity index (χ0v) is 3.03. The molecule has 0 aliphatic carbocycles. The summed E-state index contributed by atoms with van der Waals surface area (Å²) in [6.07, 6.45) is 0. The standard InChI is InChI=1S/CH3BOS/c1-2-3-4/h4H,1H2. The second-order valence-corrected chi connectivity index (χ2v) is 0.483. The van der Waals surface area contributed by atoms with Gasteiger partial charge in [-0.25, -0.2) is 0 Å². The molecule has 0 unspecified atom stereocenters. The molecule has 0 aromatic rings. The molecule has 1 nitrogen and oxygen atoms in total. The fourth-order valence-corrected chi connectivity index (χ4v) is 0. The van der Waals surface area contributed by atoms with Crippen molar-refractivity contribution in [2.75, 3.05) is 0 Å². The minimum atomic E-state index is 1.24. The molecule has 0 bridgehead atoms. The maximum atomic E-state index is 4.00. The third kappa shape index (κ3) is 2.08. The quantitative estimate of drug-likeness (QED) is 0.259. The Labute approximate surface area is 31.5 Å². The van der Waals surface area contributed by atoms with E-state index in [1.807, 2.05) is 0 Å². The molecule has 0 rings (SSSR count). The molecule has 0 saturated carbocycles. The van der Waals surface area contributed by atoms with Crippen molar-refractivity contribution >= 4 is 26.5 Å². The number of rotatable bonds is 1. The van der Waals surface area contributed by atoms with Crippen molar-refractivity contribution in [3.05, 3.63) is 0 Å². The average molecular weight is 73.9 g/mol. The first-order valence-electron chi connectivity index (χ1n) is 0.827. The molecule has 0 fully saturated rings. The van der Waals surface area contributed by atoms with Crippen molar-refractivity contribution in [3.8, 4) is 0 Å². The first-order chi connectivity index (χ1) is 1.91. The van der Waals surface area contributed by atoms with E-state index in [1.165, 1.54) is 7.12 Å². The Bertz CT molecular complexity index is 22.0. The van der Waals surface area contributed by atoms with Crippen LogP contribution in [0.3, 0.4) is 0 Å². The maximum absolute atomic E-state index is 4.00. The second kappa shape index (κ2) is 3.08. The Hall–Kier alpha value is 0.0849. The van der Waals surface area contributed by atoms with Crippen LogP contribution in [0.25, 0.3) is 0 Å². The number of hydrogen-bond acceptors (Lipinski definition) is 2. The van der Waals surface area contributed by atoms with Crippen LogP contribution < -0.4 is 0 Å². The van der Waals surface area contributed by atoms with Crippen molar-refractivity contribution in [1.29, 1.82) is 0 Å². The topological polar surface area (TPSA) is 9.23 Å². The first kappa shape index (κ1) is 4.08. The van der Waals surface area contributed by atoms with Crippen molar-refractivity contribution in [2.24, 2.45) is 0 Å². The molecule has 0 N–H and O–H groups in total. The van der Waals surface area contributed by atoms with E-state index in [0.717, 1.165) is 0 Å². The summed E-state index contributed by atoms with van der Waals surface area (Å²) in [7, 11) is 1.24. The molecular weight excluding hydrogens is 70.9 g/mol. The molecule has 0 aromatic carbocycles. The number of hydrogen-bond donors (Lipinski definition) is 1. The van der Waals surface area contributed by atoms with E-state index in [2.05, 4.69) is 23.5 Å². The molecule has 0 aromatic heterocycles. The van der Waals surface area contributed by atoms with Crippen LogP contribution in [0.4, 0.5) is 0 Å². The molecule has 3 heteroatoms. The van der Waals surface area contributed by atoms with E-state index in [4.69, 9.17) is 0 Å². The summed E-state index contributed by atoms with van der Waals surface area (Å²) in [6.45, 7) is 3.18. The van der Waals surface area contributed by atoms with Crippen LogP contribution in [0.15, 0.2) is 0 Å². The van der Waals surface area contributed by atoms with Gasteiger partial charge in [0.05, 0.1) is 0 Å². The van der Waals surface area contributed by atoms with Gasteiger partial charge in [0, 0.05) is 0 Å². The minimum absolute atomic E-state index is 1.24. The van der Waals surface area contributed by atoms with Crippen LogP contribution in [-0.4, -0.2) is 13.6 Å². The third-order valence-electron chi connectivity index (χ3n) is 0.0745. The predicted octanol–water partition coefficient (Wildman–Crippen LogP) is -0.101. The Morgan fingerprint density at radius 2 is 2.25 bits per heavy atom. The second-order valence-electron chi connectivity index (χ2n) is 0.272. The molecular formula is CH3BOS. The fourth-order valence-electron chi connectivity index (χ4n) is 0. The van der Waals surface area contributed by atoms with E-state index in [0.29, 0.717) is 0 Å². The van der Waals surface area contributed by atoms with Gasteiger partial charge in [-0.2, -0.15) is 0 Å². The summed E-state index contributed by atoms with van der Waals surface area (Å²) < 4.78 is 4.00. The van der Waals surface area contributed by atoms with Crippen molar-refractivity contribution in [3.63, 3.8) is 0 Å². The van der Waals surface area contributed by atoms with Gasteiger partial charge in [0.2, 0.25) is 0 Å². The van der Waals surface area contributed by atoms with Crippen molar-refractivity contribution in [2.45, 2.75) is 0 Å². The summed E-state index contributed by atoms with van der Waals surface area (Å²) in [4.78, 5) is 0. The van der Waals surface area contributed by atoms with Crippen LogP contribution in [0, 0.1) is 0 Å². The van der Waals surface area contributed by atoms with Crippen LogP contribution in [0.2, 0.25) is 0 Å². The van der Waals surface area contributed by atoms with Gasteiger partial charge in [-0.15, -0.1) is 0 Å². The molecule has 0 amide bonds. The average Bonchev–Trinajstić information content (AvgIpc) is 1.37. The Morgan fingerprint density at radius 3 is 2.25 bits per heavy atom. The van der Waals surface area contributed by atoms with E-state index in [9.17, 15) is 0 Å². The van der Waals surface area contributed by atoms with Crippen LogP contribution in [0.1, 0.15) is 0 Å². The van der Waals surface area contributed by atoms with Crippen LogP contribution in [-0.2, 0) is 4.10 Å². The van der Waals surface area contributed by atoms with Gasteiger partial charge in [0.15, 0.2) is 0 Å². The third-order valence-corrected chi connectivity index (χ3v) is 0.224. The van der Waals surface area contributed by atoms with Crippen molar-refractivity contribution < 1.29 is 4.10 Å². The van der Waals surface area contributed by atoms with Gasteiger partial charge < -0.3 is 0 Å². The van der Waals surface area contributed by atoms with E-state index < -0.39 is 0 Å². The molecule has 0 saturated heterocycles. The summed E-state index contributed by atoms with van der Waals surface area (Å²) in [5.74, 6) is 0. The van der Waals surface area contributed by atoms with Crippen LogP contribution in [0.5, 0.6) is 0 Å². The zero-order valence-electron chi connectivity index (χ0n) is 2.14. The molecule has 0 heterocycles. The first-order valence-corrected chi connectivity index (χ1v) is 1.19. The summed E-state index contributed by atoms with van der Waals surface area (Å²) in [6, 6.07) is 0. The Balaban J connectivity index is 2.30. The summed E-state index contributed by atoms with van der Waals surface area (Å²) in [5, 5.41) is 0. The molecule has 0 atom stereocenters. The molecule has 0 radical (unpaired) electrons. The molecule has 4 heavy (non-hydrogen) atoms. The number of thiol groups is 1. The fraction of sp³-hybridized carbons (Fsp3) is 0. The Morgan fingerprint density at radius 1 is 2.00 bits per heavy atom. The van der Waals surface area contributed by atoms with Crippen LogP contribution >= 0.6 is 12.9 Å². The normalized spacial score (nSPS) is 4.25. The van der Waals surface area contributed by atoms with Gasteiger partial charge in [-0.1, -0.05) is 0 Å².